The van der Waals surface area contributed by atoms with E-state index in [-0.39, 0.29) is 16.8 Å². The average Bonchev–Trinajstić information content (AvgIpc) is 3.20. The van der Waals surface area contributed by atoms with Gasteiger partial charge in [-0.05, 0) is 29.8 Å². The molecule has 3 aromatic rings. The second-order valence-electron chi connectivity index (χ2n) is 7.62. The molecule has 30 heavy (non-hydrogen) atoms. The summed E-state index contributed by atoms with van der Waals surface area (Å²) in [6, 6.07) is 12.3. The van der Waals surface area contributed by atoms with Crippen molar-refractivity contribution in [1.82, 2.24) is 19.5 Å². The fraction of sp³-hybridized carbons (Fsp3) is 0.364. The van der Waals surface area contributed by atoms with Gasteiger partial charge in [-0.2, -0.15) is 0 Å². The first kappa shape index (κ1) is 21.0. The minimum absolute atomic E-state index is 0.0660. The molecule has 1 saturated heterocycles. The van der Waals surface area contributed by atoms with Gasteiger partial charge in [0.1, 0.15) is 10.7 Å². The normalized spacial score (nSPS) is 16.3. The summed E-state index contributed by atoms with van der Waals surface area (Å²) in [6.07, 6.45) is 1.34. The lowest BCUT2D eigenvalue weighted by molar-refractivity contribution is 0.131. The van der Waals surface area contributed by atoms with Crippen LogP contribution in [0, 0.1) is 5.82 Å². The number of piperazine rings is 1. The van der Waals surface area contributed by atoms with Crippen molar-refractivity contribution >= 4 is 20.9 Å². The first-order valence-electron chi connectivity index (χ1n) is 10.2. The van der Waals surface area contributed by atoms with Crippen LogP contribution in [0.1, 0.15) is 18.1 Å². The highest BCUT2D eigenvalue weighted by Crippen LogP contribution is 2.25. The third kappa shape index (κ3) is 4.41. The van der Waals surface area contributed by atoms with Crippen LogP contribution >= 0.6 is 0 Å². The minimum Gasteiger partial charge on any atom is -0.360 e. The number of hydrogen-bond acceptors (Lipinski definition) is 4. The number of nitrogens with one attached hydrogen (secondary N) is 2. The molecule has 0 unspecified atom stereocenters. The van der Waals surface area contributed by atoms with Crippen LogP contribution < -0.4 is 4.72 Å². The molecule has 2 N–H and O–H groups in total. The van der Waals surface area contributed by atoms with E-state index in [9.17, 15) is 12.8 Å². The number of halogens is 1. The van der Waals surface area contributed by atoms with Crippen LogP contribution in [0.3, 0.4) is 0 Å². The Morgan fingerprint density at radius 1 is 1.00 bits per heavy atom. The van der Waals surface area contributed by atoms with Gasteiger partial charge in [0.2, 0.25) is 10.0 Å². The van der Waals surface area contributed by atoms with Gasteiger partial charge in [-0.15, -0.1) is 0 Å². The maximum atomic E-state index is 14.2. The molecule has 0 atom stereocenters. The Labute approximate surface area is 176 Å². The molecule has 0 spiro atoms. The lowest BCUT2D eigenvalue weighted by atomic mass is 10.1. The molecule has 0 bridgehead atoms. The molecule has 0 radical (unpaired) electrons. The number of aromatic nitrogens is 1. The zero-order chi connectivity index (χ0) is 21.1. The number of benzene rings is 2. The Balaban J connectivity index is 1.48. The molecule has 0 aliphatic carbocycles. The van der Waals surface area contributed by atoms with Crippen molar-refractivity contribution in [2.75, 3.05) is 32.7 Å². The van der Waals surface area contributed by atoms with Crippen molar-refractivity contribution in [2.24, 2.45) is 0 Å². The summed E-state index contributed by atoms with van der Waals surface area (Å²) >= 11 is 0. The van der Waals surface area contributed by atoms with Gasteiger partial charge < -0.3 is 9.88 Å². The summed E-state index contributed by atoms with van der Waals surface area (Å²) < 4.78 is 42.7. The fourth-order valence-corrected chi connectivity index (χ4v) is 5.15. The van der Waals surface area contributed by atoms with Crippen molar-refractivity contribution in [2.45, 2.75) is 24.9 Å². The zero-order valence-electron chi connectivity index (χ0n) is 17.1. The Hall–Kier alpha value is -2.26. The van der Waals surface area contributed by atoms with Gasteiger partial charge in [0, 0.05) is 51.0 Å². The monoisotopic (exact) mass is 430 g/mol. The summed E-state index contributed by atoms with van der Waals surface area (Å²) in [4.78, 5) is 7.60. The lowest BCUT2D eigenvalue weighted by Crippen LogP contribution is -2.45. The highest BCUT2D eigenvalue weighted by molar-refractivity contribution is 7.89. The average molecular weight is 431 g/mol. The Bertz CT molecular complexity index is 1120. The van der Waals surface area contributed by atoms with E-state index in [4.69, 9.17) is 0 Å². The van der Waals surface area contributed by atoms with Gasteiger partial charge in [0.25, 0.3) is 0 Å². The zero-order valence-corrected chi connectivity index (χ0v) is 17.9. The largest absolute Gasteiger partial charge is 0.360 e. The van der Waals surface area contributed by atoms with Crippen molar-refractivity contribution in [3.05, 3.63) is 65.6 Å². The molecule has 1 aromatic heterocycles. The molecule has 6 nitrogen and oxygen atoms in total. The number of aromatic amines is 1. The SMILES string of the molecule is CCN1CCN(Cc2ccccc2CNS(=O)(=O)c2c[nH]c3cccc(F)c23)CC1. The number of sulfonamides is 1. The maximum Gasteiger partial charge on any atom is 0.243 e. The second kappa shape index (κ2) is 8.85. The van der Waals surface area contributed by atoms with Crippen molar-refractivity contribution in [3.63, 3.8) is 0 Å². The van der Waals surface area contributed by atoms with Gasteiger partial charge in [0.15, 0.2) is 0 Å². The maximum absolute atomic E-state index is 14.2. The molecular formula is C22H27FN4O2S. The molecule has 8 heteroatoms. The molecule has 0 saturated carbocycles. The number of likely N-dealkylation sites (N-methyl/N-ethyl adjacent to an activating group) is 1. The topological polar surface area (TPSA) is 68.4 Å². The van der Waals surface area contributed by atoms with Crippen LogP contribution in [-0.2, 0) is 23.1 Å². The number of fused-ring (bicyclic) bond motifs is 1. The molecule has 1 fully saturated rings. The number of nitrogens with zero attached hydrogens (tertiary/aromatic N) is 2. The second-order valence-corrected chi connectivity index (χ2v) is 9.35. The van der Waals surface area contributed by atoms with E-state index in [0.29, 0.717) is 5.52 Å². The van der Waals surface area contributed by atoms with Gasteiger partial charge >= 0.3 is 0 Å². The van der Waals surface area contributed by atoms with Crippen LogP contribution in [0.5, 0.6) is 0 Å². The van der Waals surface area contributed by atoms with E-state index in [1.807, 2.05) is 24.3 Å². The van der Waals surface area contributed by atoms with Crippen molar-refractivity contribution in [1.29, 1.82) is 0 Å². The standard InChI is InChI=1S/C22H27FN4O2S/c1-2-26-10-12-27(13-11-26)16-18-7-4-3-6-17(18)14-25-30(28,29)21-15-24-20-9-5-8-19(23)22(20)21/h3-9,15,24-25H,2,10-14,16H2,1H3. The van der Waals surface area contributed by atoms with E-state index in [1.165, 1.54) is 12.3 Å². The quantitative estimate of drug-likeness (QED) is 0.605. The van der Waals surface area contributed by atoms with E-state index in [1.54, 1.807) is 12.1 Å². The summed E-state index contributed by atoms with van der Waals surface area (Å²) in [5, 5.41) is 0.0899. The summed E-state index contributed by atoms with van der Waals surface area (Å²) in [5.74, 6) is -0.555. The van der Waals surface area contributed by atoms with Crippen molar-refractivity contribution < 1.29 is 12.8 Å². The Morgan fingerprint density at radius 2 is 1.70 bits per heavy atom. The number of rotatable bonds is 7. The molecule has 1 aliphatic heterocycles. The van der Waals surface area contributed by atoms with Gasteiger partial charge in [-0.25, -0.2) is 17.5 Å². The van der Waals surface area contributed by atoms with Gasteiger partial charge in [-0.1, -0.05) is 37.3 Å². The highest BCUT2D eigenvalue weighted by Gasteiger charge is 2.22. The Morgan fingerprint density at radius 3 is 2.43 bits per heavy atom. The van der Waals surface area contributed by atoms with Crippen molar-refractivity contribution in [3.8, 4) is 0 Å². The van der Waals surface area contributed by atoms with Crippen LogP contribution in [0.15, 0.2) is 53.6 Å². The molecule has 160 valence electrons. The first-order chi connectivity index (χ1) is 14.5. The van der Waals surface area contributed by atoms with E-state index >= 15 is 0 Å². The molecule has 0 amide bonds. The lowest BCUT2D eigenvalue weighted by Gasteiger charge is -2.34. The third-order valence-electron chi connectivity index (χ3n) is 5.79. The third-order valence-corrected chi connectivity index (χ3v) is 7.21. The first-order valence-corrected chi connectivity index (χ1v) is 11.7. The van der Waals surface area contributed by atoms with Gasteiger partial charge in [-0.3, -0.25) is 4.90 Å². The van der Waals surface area contributed by atoms with Crippen LogP contribution in [-0.4, -0.2) is 55.9 Å². The molecular weight excluding hydrogens is 403 g/mol. The van der Waals surface area contributed by atoms with Crippen LogP contribution in [0.2, 0.25) is 0 Å². The Kier molecular flexibility index (Phi) is 6.19. The summed E-state index contributed by atoms with van der Waals surface area (Å²) in [7, 11) is -3.87. The van der Waals surface area contributed by atoms with E-state index in [2.05, 4.69) is 26.4 Å². The molecule has 2 aromatic carbocycles. The predicted molar refractivity (Wildman–Crippen MR) is 116 cm³/mol. The summed E-state index contributed by atoms with van der Waals surface area (Å²) in [5.41, 5.74) is 2.50. The molecule has 4 rings (SSSR count). The minimum atomic E-state index is -3.87. The smallest absolute Gasteiger partial charge is 0.243 e. The number of H-pyrrole nitrogens is 1. The van der Waals surface area contributed by atoms with Crippen LogP contribution in [0.4, 0.5) is 4.39 Å². The number of hydrogen-bond donors (Lipinski definition) is 2. The molecule has 1 aliphatic rings. The van der Waals surface area contributed by atoms with E-state index < -0.39 is 15.8 Å². The van der Waals surface area contributed by atoms with E-state index in [0.717, 1.165) is 50.4 Å². The van der Waals surface area contributed by atoms with Crippen LogP contribution in [0.25, 0.3) is 10.9 Å². The fourth-order valence-electron chi connectivity index (χ4n) is 3.96. The predicted octanol–water partition coefficient (Wildman–Crippen LogP) is 2.92. The van der Waals surface area contributed by atoms with Gasteiger partial charge in [0.05, 0.1) is 5.39 Å². The molecule has 2 heterocycles. The highest BCUT2D eigenvalue weighted by atomic mass is 32.2. The summed E-state index contributed by atoms with van der Waals surface area (Å²) in [6.45, 7) is 8.31.